The van der Waals surface area contributed by atoms with Crippen LogP contribution in [0.5, 0.6) is 0 Å². The number of nitrogens with zero attached hydrogens (tertiary/aromatic N) is 1. The topological polar surface area (TPSA) is 25.2 Å². The molecule has 1 unspecified atom stereocenters. The molecule has 0 amide bonds. The molecule has 1 atom stereocenters. The van der Waals surface area contributed by atoms with E-state index in [0.717, 1.165) is 12.1 Å². The standard InChI is InChI=1S/C10H15NO/c1-2-11-6-5-9(7-11)10(12)8-3-4-8/h5-8,10,12H,2-4H2,1H3. The summed E-state index contributed by atoms with van der Waals surface area (Å²) in [5, 5.41) is 9.76. The zero-order valence-electron chi connectivity index (χ0n) is 7.40. The number of hydrogen-bond donors (Lipinski definition) is 1. The predicted molar refractivity (Wildman–Crippen MR) is 47.8 cm³/mol. The zero-order chi connectivity index (χ0) is 8.55. The molecule has 0 spiro atoms. The van der Waals surface area contributed by atoms with Gasteiger partial charge in [0.2, 0.25) is 0 Å². The number of aliphatic hydroxyl groups excluding tert-OH is 1. The number of rotatable bonds is 3. The first kappa shape index (κ1) is 7.87. The van der Waals surface area contributed by atoms with E-state index in [1.165, 1.54) is 12.8 Å². The van der Waals surface area contributed by atoms with E-state index >= 15 is 0 Å². The highest BCUT2D eigenvalue weighted by atomic mass is 16.3. The third kappa shape index (κ3) is 1.39. The average molecular weight is 165 g/mol. The lowest BCUT2D eigenvalue weighted by Gasteiger charge is -2.05. The highest BCUT2D eigenvalue weighted by molar-refractivity contribution is 5.15. The first-order valence-corrected chi connectivity index (χ1v) is 4.65. The van der Waals surface area contributed by atoms with Crippen LogP contribution in [0.4, 0.5) is 0 Å². The van der Waals surface area contributed by atoms with Crippen molar-refractivity contribution in [1.29, 1.82) is 0 Å². The van der Waals surface area contributed by atoms with E-state index in [2.05, 4.69) is 11.5 Å². The Morgan fingerprint density at radius 1 is 1.67 bits per heavy atom. The van der Waals surface area contributed by atoms with Crippen LogP contribution >= 0.6 is 0 Å². The molecule has 0 aliphatic heterocycles. The summed E-state index contributed by atoms with van der Waals surface area (Å²) >= 11 is 0. The summed E-state index contributed by atoms with van der Waals surface area (Å²) in [6.45, 7) is 3.09. The minimum absolute atomic E-state index is 0.210. The van der Waals surface area contributed by atoms with Crippen LogP contribution in [0.3, 0.4) is 0 Å². The van der Waals surface area contributed by atoms with Gasteiger partial charge in [0.05, 0.1) is 6.10 Å². The fraction of sp³-hybridized carbons (Fsp3) is 0.600. The Labute approximate surface area is 72.8 Å². The summed E-state index contributed by atoms with van der Waals surface area (Å²) in [5.74, 6) is 0.540. The lowest BCUT2D eigenvalue weighted by atomic mass is 10.1. The molecule has 1 aliphatic carbocycles. The molecule has 66 valence electrons. The van der Waals surface area contributed by atoms with Gasteiger partial charge in [-0.3, -0.25) is 0 Å². The lowest BCUT2D eigenvalue weighted by Crippen LogP contribution is -1.97. The maximum Gasteiger partial charge on any atom is 0.0832 e. The molecule has 2 rings (SSSR count). The summed E-state index contributed by atoms with van der Waals surface area (Å²) in [6, 6.07) is 2.02. The number of aryl methyl sites for hydroxylation is 1. The van der Waals surface area contributed by atoms with Crippen LogP contribution in [-0.2, 0) is 6.54 Å². The van der Waals surface area contributed by atoms with Crippen LogP contribution in [0.2, 0.25) is 0 Å². The van der Waals surface area contributed by atoms with Gasteiger partial charge in [-0.1, -0.05) is 0 Å². The minimum Gasteiger partial charge on any atom is -0.388 e. The molecule has 2 heteroatoms. The van der Waals surface area contributed by atoms with E-state index in [-0.39, 0.29) is 6.10 Å². The normalized spacial score (nSPS) is 19.5. The Hall–Kier alpha value is -0.760. The molecular weight excluding hydrogens is 150 g/mol. The summed E-state index contributed by atoms with van der Waals surface area (Å²) in [5.41, 5.74) is 1.08. The highest BCUT2D eigenvalue weighted by Crippen LogP contribution is 2.40. The third-order valence-corrected chi connectivity index (χ3v) is 2.55. The van der Waals surface area contributed by atoms with Crippen LogP contribution < -0.4 is 0 Å². The van der Waals surface area contributed by atoms with Crippen molar-refractivity contribution in [3.8, 4) is 0 Å². The fourth-order valence-corrected chi connectivity index (χ4v) is 1.52. The first-order chi connectivity index (χ1) is 5.81. The van der Waals surface area contributed by atoms with Gasteiger partial charge in [-0.15, -0.1) is 0 Å². The molecule has 1 heterocycles. The van der Waals surface area contributed by atoms with Crippen molar-refractivity contribution in [1.82, 2.24) is 4.57 Å². The van der Waals surface area contributed by atoms with Gasteiger partial charge >= 0.3 is 0 Å². The second-order valence-electron chi connectivity index (χ2n) is 3.56. The molecular formula is C10H15NO. The van der Waals surface area contributed by atoms with Crippen molar-refractivity contribution in [2.75, 3.05) is 0 Å². The third-order valence-electron chi connectivity index (χ3n) is 2.55. The molecule has 2 nitrogen and oxygen atoms in total. The lowest BCUT2D eigenvalue weighted by molar-refractivity contribution is 0.154. The maximum atomic E-state index is 9.76. The van der Waals surface area contributed by atoms with Gasteiger partial charge in [0, 0.05) is 18.9 Å². The van der Waals surface area contributed by atoms with Crippen molar-refractivity contribution >= 4 is 0 Å². The highest BCUT2D eigenvalue weighted by Gasteiger charge is 2.30. The Kier molecular flexibility index (Phi) is 1.93. The molecule has 1 aromatic rings. The number of aromatic nitrogens is 1. The summed E-state index contributed by atoms with van der Waals surface area (Å²) in [7, 11) is 0. The molecule has 0 saturated heterocycles. The molecule has 1 fully saturated rings. The summed E-state index contributed by atoms with van der Waals surface area (Å²) in [6.07, 6.45) is 6.25. The van der Waals surface area contributed by atoms with Gasteiger partial charge in [-0.2, -0.15) is 0 Å². The quantitative estimate of drug-likeness (QED) is 0.727. The van der Waals surface area contributed by atoms with E-state index in [4.69, 9.17) is 0 Å². The fourth-order valence-electron chi connectivity index (χ4n) is 1.52. The predicted octanol–water partition coefficient (Wildman–Crippen LogP) is 1.95. The molecule has 0 bridgehead atoms. The van der Waals surface area contributed by atoms with Gasteiger partial charge in [0.15, 0.2) is 0 Å². The van der Waals surface area contributed by atoms with E-state index < -0.39 is 0 Å². The monoisotopic (exact) mass is 165 g/mol. The maximum absolute atomic E-state index is 9.76. The van der Waals surface area contributed by atoms with Crippen LogP contribution in [0, 0.1) is 5.92 Å². The average Bonchev–Trinajstić information content (AvgIpc) is 2.82. The van der Waals surface area contributed by atoms with Gasteiger partial charge in [0.1, 0.15) is 0 Å². The molecule has 1 aliphatic rings. The van der Waals surface area contributed by atoms with Gasteiger partial charge in [-0.25, -0.2) is 0 Å². The summed E-state index contributed by atoms with van der Waals surface area (Å²) in [4.78, 5) is 0. The zero-order valence-corrected chi connectivity index (χ0v) is 7.40. The smallest absolute Gasteiger partial charge is 0.0832 e. The molecule has 0 aromatic carbocycles. The minimum atomic E-state index is -0.210. The SMILES string of the molecule is CCn1ccc(C(O)C2CC2)c1. The first-order valence-electron chi connectivity index (χ1n) is 4.65. The number of aliphatic hydroxyl groups is 1. The van der Waals surface area contributed by atoms with Crippen LogP contribution in [0.25, 0.3) is 0 Å². The van der Waals surface area contributed by atoms with E-state index in [0.29, 0.717) is 5.92 Å². The van der Waals surface area contributed by atoms with Crippen molar-refractivity contribution in [3.05, 3.63) is 24.0 Å². The second-order valence-corrected chi connectivity index (χ2v) is 3.56. The second kappa shape index (κ2) is 2.94. The molecule has 1 aromatic heterocycles. The Balaban J connectivity index is 2.10. The molecule has 12 heavy (non-hydrogen) atoms. The van der Waals surface area contributed by atoms with Gasteiger partial charge in [0.25, 0.3) is 0 Å². The number of hydrogen-bond acceptors (Lipinski definition) is 1. The van der Waals surface area contributed by atoms with Crippen LogP contribution in [0.1, 0.15) is 31.4 Å². The van der Waals surface area contributed by atoms with E-state index in [1.807, 2.05) is 18.5 Å². The molecule has 1 N–H and O–H groups in total. The van der Waals surface area contributed by atoms with Gasteiger partial charge < -0.3 is 9.67 Å². The Morgan fingerprint density at radius 2 is 2.42 bits per heavy atom. The van der Waals surface area contributed by atoms with E-state index in [1.54, 1.807) is 0 Å². The molecule has 1 saturated carbocycles. The van der Waals surface area contributed by atoms with Crippen molar-refractivity contribution in [2.24, 2.45) is 5.92 Å². The van der Waals surface area contributed by atoms with Crippen LogP contribution in [-0.4, -0.2) is 9.67 Å². The Bertz CT molecular complexity index is 263. The van der Waals surface area contributed by atoms with Gasteiger partial charge in [-0.05, 0) is 37.3 Å². The Morgan fingerprint density at radius 3 is 2.92 bits per heavy atom. The van der Waals surface area contributed by atoms with Crippen LogP contribution in [0.15, 0.2) is 18.5 Å². The van der Waals surface area contributed by atoms with Crippen molar-refractivity contribution in [3.63, 3.8) is 0 Å². The summed E-state index contributed by atoms with van der Waals surface area (Å²) < 4.78 is 2.10. The van der Waals surface area contributed by atoms with E-state index in [9.17, 15) is 5.11 Å². The van der Waals surface area contributed by atoms with Crippen molar-refractivity contribution < 1.29 is 5.11 Å². The largest absolute Gasteiger partial charge is 0.388 e. The molecule has 0 radical (unpaired) electrons. The van der Waals surface area contributed by atoms with Crippen molar-refractivity contribution in [2.45, 2.75) is 32.4 Å².